The smallest absolute Gasteiger partial charge is 0.263 e. The first-order valence-electron chi connectivity index (χ1n) is 4.57. The molecule has 0 fully saturated rings. The van der Waals surface area contributed by atoms with Crippen molar-refractivity contribution in [1.82, 2.24) is 4.98 Å². The maximum atomic E-state index is 11.8. The van der Waals surface area contributed by atoms with Crippen LogP contribution in [0.4, 0.5) is 5.69 Å². The largest absolute Gasteiger partial charge is 0.280 e. The standard InChI is InChI=1S/C11H9N2O2S/c14-16(15,11-7-4-8-12-9-11)13-10-5-2-1-3-6-10/h1-2,4-9,13H. The molecule has 0 atom stereocenters. The fraction of sp³-hybridized carbons (Fsp3) is 0. The lowest BCUT2D eigenvalue weighted by Crippen LogP contribution is -2.12. The quantitative estimate of drug-likeness (QED) is 0.877. The van der Waals surface area contributed by atoms with Gasteiger partial charge in [0.25, 0.3) is 10.0 Å². The number of nitrogens with zero attached hydrogens (tertiary/aromatic N) is 1. The third-order valence-corrected chi connectivity index (χ3v) is 3.27. The molecule has 0 saturated heterocycles. The molecule has 0 aliphatic carbocycles. The van der Waals surface area contributed by atoms with E-state index < -0.39 is 10.0 Å². The Kier molecular flexibility index (Phi) is 2.87. The third kappa shape index (κ3) is 2.38. The zero-order valence-corrected chi connectivity index (χ0v) is 9.11. The minimum atomic E-state index is -3.55. The van der Waals surface area contributed by atoms with E-state index in [4.69, 9.17) is 0 Å². The molecule has 0 unspecified atom stereocenters. The van der Waals surface area contributed by atoms with E-state index in [2.05, 4.69) is 15.8 Å². The van der Waals surface area contributed by atoms with Crippen molar-refractivity contribution < 1.29 is 8.42 Å². The van der Waals surface area contributed by atoms with Crippen LogP contribution in [0.25, 0.3) is 0 Å². The molecular formula is C11H9N2O2S. The SMILES string of the molecule is O=S(=O)(Nc1c[c]ccc1)c1cccnc1. The summed E-state index contributed by atoms with van der Waals surface area (Å²) >= 11 is 0. The minimum absolute atomic E-state index is 0.138. The predicted octanol–water partition coefficient (Wildman–Crippen LogP) is 1.68. The molecule has 0 bridgehead atoms. The number of anilines is 1. The van der Waals surface area contributed by atoms with Gasteiger partial charge in [0.15, 0.2) is 0 Å². The highest BCUT2D eigenvalue weighted by molar-refractivity contribution is 7.92. The lowest BCUT2D eigenvalue weighted by Gasteiger charge is -2.06. The molecular weight excluding hydrogens is 224 g/mol. The van der Waals surface area contributed by atoms with Crippen molar-refractivity contribution in [1.29, 1.82) is 0 Å². The molecule has 0 amide bonds. The van der Waals surface area contributed by atoms with Crippen LogP contribution in [-0.4, -0.2) is 13.4 Å². The van der Waals surface area contributed by atoms with E-state index in [1.165, 1.54) is 18.5 Å². The van der Waals surface area contributed by atoms with Gasteiger partial charge in [0.2, 0.25) is 0 Å². The summed E-state index contributed by atoms with van der Waals surface area (Å²) in [6.45, 7) is 0. The number of hydrogen-bond acceptors (Lipinski definition) is 3. The van der Waals surface area contributed by atoms with E-state index in [9.17, 15) is 8.42 Å². The molecule has 1 aromatic carbocycles. The van der Waals surface area contributed by atoms with Crippen molar-refractivity contribution in [2.45, 2.75) is 4.90 Å². The van der Waals surface area contributed by atoms with Crippen LogP contribution in [0.1, 0.15) is 0 Å². The minimum Gasteiger partial charge on any atom is -0.280 e. The fourth-order valence-electron chi connectivity index (χ4n) is 1.18. The van der Waals surface area contributed by atoms with Gasteiger partial charge in [-0.1, -0.05) is 12.1 Å². The lowest BCUT2D eigenvalue weighted by molar-refractivity contribution is 0.601. The Labute approximate surface area is 94.0 Å². The molecule has 0 spiro atoms. The highest BCUT2D eigenvalue weighted by Gasteiger charge is 2.13. The van der Waals surface area contributed by atoms with Crippen LogP contribution < -0.4 is 4.72 Å². The molecule has 0 aliphatic rings. The first-order chi connectivity index (χ1) is 7.68. The normalized spacial score (nSPS) is 11.0. The summed E-state index contributed by atoms with van der Waals surface area (Å²) in [4.78, 5) is 3.90. The van der Waals surface area contributed by atoms with E-state index in [0.29, 0.717) is 5.69 Å². The summed E-state index contributed by atoms with van der Waals surface area (Å²) in [6, 6.07) is 12.5. The number of nitrogens with one attached hydrogen (secondary N) is 1. The predicted molar refractivity (Wildman–Crippen MR) is 60.3 cm³/mol. The summed E-state index contributed by atoms with van der Waals surface area (Å²) in [7, 11) is -3.55. The van der Waals surface area contributed by atoms with E-state index in [0.717, 1.165) is 0 Å². The van der Waals surface area contributed by atoms with Crippen LogP contribution in [0.5, 0.6) is 0 Å². The van der Waals surface area contributed by atoms with Crippen molar-refractivity contribution in [2.75, 3.05) is 4.72 Å². The van der Waals surface area contributed by atoms with Crippen LogP contribution in [0.2, 0.25) is 0 Å². The van der Waals surface area contributed by atoms with Crippen molar-refractivity contribution in [3.63, 3.8) is 0 Å². The zero-order chi connectivity index (χ0) is 11.4. The number of sulfonamides is 1. The number of aromatic nitrogens is 1. The van der Waals surface area contributed by atoms with Gasteiger partial charge >= 0.3 is 0 Å². The monoisotopic (exact) mass is 233 g/mol. The first-order valence-corrected chi connectivity index (χ1v) is 6.06. The van der Waals surface area contributed by atoms with Crippen LogP contribution >= 0.6 is 0 Å². The number of hydrogen-bond donors (Lipinski definition) is 1. The molecule has 16 heavy (non-hydrogen) atoms. The average Bonchev–Trinajstić information content (AvgIpc) is 2.31. The van der Waals surface area contributed by atoms with E-state index in [-0.39, 0.29) is 4.90 Å². The zero-order valence-electron chi connectivity index (χ0n) is 8.29. The van der Waals surface area contributed by atoms with Gasteiger partial charge in [-0.05, 0) is 30.3 Å². The molecule has 2 rings (SSSR count). The summed E-state index contributed by atoms with van der Waals surface area (Å²) < 4.78 is 26.1. The number of pyridine rings is 1. The highest BCUT2D eigenvalue weighted by atomic mass is 32.2. The molecule has 1 radical (unpaired) electrons. The fourth-order valence-corrected chi connectivity index (χ4v) is 2.19. The molecule has 4 nitrogen and oxygen atoms in total. The molecule has 0 aliphatic heterocycles. The molecule has 2 aromatic rings. The van der Waals surface area contributed by atoms with Crippen LogP contribution in [0.15, 0.2) is 53.7 Å². The molecule has 0 saturated carbocycles. The molecule has 1 aromatic heterocycles. The molecule has 1 heterocycles. The Hall–Kier alpha value is -1.88. The van der Waals surface area contributed by atoms with Crippen molar-refractivity contribution >= 4 is 15.7 Å². The maximum Gasteiger partial charge on any atom is 0.263 e. The average molecular weight is 233 g/mol. The topological polar surface area (TPSA) is 59.1 Å². The Morgan fingerprint density at radius 3 is 2.75 bits per heavy atom. The first kappa shape index (κ1) is 10.6. The van der Waals surface area contributed by atoms with Gasteiger partial charge in [-0.25, -0.2) is 8.42 Å². The van der Waals surface area contributed by atoms with Gasteiger partial charge in [0, 0.05) is 18.1 Å². The third-order valence-electron chi connectivity index (χ3n) is 1.90. The Morgan fingerprint density at radius 2 is 2.12 bits per heavy atom. The van der Waals surface area contributed by atoms with Gasteiger partial charge in [-0.2, -0.15) is 0 Å². The maximum absolute atomic E-state index is 11.8. The summed E-state index contributed by atoms with van der Waals surface area (Å²) in [5.41, 5.74) is 0.478. The van der Waals surface area contributed by atoms with Crippen LogP contribution in [0.3, 0.4) is 0 Å². The Bertz CT molecular complexity index is 553. The molecule has 81 valence electrons. The summed E-state index contributed by atoms with van der Waals surface area (Å²) in [5, 5.41) is 0. The van der Waals surface area contributed by atoms with E-state index >= 15 is 0 Å². The Balaban J connectivity index is 2.29. The number of rotatable bonds is 3. The van der Waals surface area contributed by atoms with Gasteiger partial charge in [0.1, 0.15) is 4.90 Å². The number of benzene rings is 1. The van der Waals surface area contributed by atoms with Gasteiger partial charge in [0.05, 0.1) is 0 Å². The molecule has 1 N–H and O–H groups in total. The highest BCUT2D eigenvalue weighted by Crippen LogP contribution is 2.13. The second-order valence-corrected chi connectivity index (χ2v) is 4.77. The van der Waals surface area contributed by atoms with Gasteiger partial charge in [-0.3, -0.25) is 9.71 Å². The summed E-state index contributed by atoms with van der Waals surface area (Å²) in [5.74, 6) is 0. The van der Waals surface area contributed by atoms with Gasteiger partial charge in [-0.15, -0.1) is 0 Å². The van der Waals surface area contributed by atoms with Gasteiger partial charge < -0.3 is 0 Å². The second-order valence-electron chi connectivity index (χ2n) is 3.09. The van der Waals surface area contributed by atoms with Crippen molar-refractivity contribution in [2.24, 2.45) is 0 Å². The second kappa shape index (κ2) is 4.32. The van der Waals surface area contributed by atoms with Crippen LogP contribution in [-0.2, 0) is 10.0 Å². The lowest BCUT2D eigenvalue weighted by atomic mass is 10.3. The van der Waals surface area contributed by atoms with Crippen molar-refractivity contribution in [3.05, 3.63) is 54.9 Å². The van der Waals surface area contributed by atoms with E-state index in [1.807, 2.05) is 0 Å². The molecule has 5 heteroatoms. The summed E-state index contributed by atoms with van der Waals surface area (Å²) in [6.07, 6.45) is 2.82. The van der Waals surface area contributed by atoms with E-state index in [1.54, 1.807) is 30.3 Å². The van der Waals surface area contributed by atoms with Crippen molar-refractivity contribution in [3.8, 4) is 0 Å². The Morgan fingerprint density at radius 1 is 1.25 bits per heavy atom. The van der Waals surface area contributed by atoms with Crippen LogP contribution in [0, 0.1) is 6.07 Å².